The summed E-state index contributed by atoms with van der Waals surface area (Å²) < 4.78 is 0.838. The number of para-hydroxylation sites is 1. The Morgan fingerprint density at radius 2 is 1.82 bits per heavy atom. The summed E-state index contributed by atoms with van der Waals surface area (Å²) >= 11 is 3.44. The van der Waals surface area contributed by atoms with Gasteiger partial charge in [-0.05, 0) is 59.4 Å². The molecule has 1 aromatic heterocycles. The second kappa shape index (κ2) is 8.16. The number of hydrogen-bond donors (Lipinski definition) is 2. The molecule has 1 fully saturated rings. The fourth-order valence-electron chi connectivity index (χ4n) is 3.38. The Morgan fingerprint density at radius 3 is 2.61 bits per heavy atom. The van der Waals surface area contributed by atoms with E-state index in [1.165, 1.54) is 0 Å². The number of aromatic nitrogens is 1. The molecule has 0 aliphatic carbocycles. The van der Waals surface area contributed by atoms with Crippen molar-refractivity contribution in [1.29, 1.82) is 0 Å². The van der Waals surface area contributed by atoms with Gasteiger partial charge in [0.05, 0.1) is 11.2 Å². The van der Waals surface area contributed by atoms with E-state index in [1.807, 2.05) is 48.7 Å². The highest BCUT2D eigenvalue weighted by Crippen LogP contribution is 2.29. The van der Waals surface area contributed by atoms with E-state index in [9.17, 15) is 4.79 Å². The lowest BCUT2D eigenvalue weighted by Crippen LogP contribution is -2.44. The number of amides is 2. The van der Waals surface area contributed by atoms with Crippen molar-refractivity contribution in [3.05, 3.63) is 59.2 Å². The molecular weight excluding hydrogens is 418 g/mol. The van der Waals surface area contributed by atoms with Gasteiger partial charge in [0.1, 0.15) is 0 Å². The maximum atomic E-state index is 12.4. The molecule has 0 saturated carbocycles. The predicted octanol–water partition coefficient (Wildman–Crippen LogP) is 4.39. The number of fused-ring (bicyclic) bond motifs is 1. The first-order chi connectivity index (χ1) is 13.6. The van der Waals surface area contributed by atoms with Gasteiger partial charge in [0.2, 0.25) is 0 Å². The van der Waals surface area contributed by atoms with Crippen LogP contribution >= 0.6 is 15.9 Å². The van der Waals surface area contributed by atoms with E-state index in [0.717, 1.165) is 58.6 Å². The van der Waals surface area contributed by atoms with Crippen LogP contribution in [0.3, 0.4) is 0 Å². The SMILES string of the molecule is CN1CCN(c2ccnc3ccc(NC(=O)Nc4ccccc4Br)cc23)CC1. The molecule has 7 heteroatoms. The van der Waals surface area contributed by atoms with Crippen molar-refractivity contribution in [1.82, 2.24) is 9.88 Å². The number of piperazine rings is 1. The minimum atomic E-state index is -0.281. The highest BCUT2D eigenvalue weighted by atomic mass is 79.9. The smallest absolute Gasteiger partial charge is 0.323 e. The molecule has 4 rings (SSSR count). The number of pyridine rings is 1. The first kappa shape index (κ1) is 18.7. The van der Waals surface area contributed by atoms with Crippen LogP contribution in [-0.4, -0.2) is 49.1 Å². The topological polar surface area (TPSA) is 60.5 Å². The molecule has 1 aliphatic rings. The summed E-state index contributed by atoms with van der Waals surface area (Å²) in [6.07, 6.45) is 1.85. The van der Waals surface area contributed by atoms with Crippen LogP contribution in [0, 0.1) is 0 Å². The molecule has 2 heterocycles. The number of urea groups is 1. The third-order valence-corrected chi connectivity index (χ3v) is 5.63. The second-order valence-corrected chi connectivity index (χ2v) is 7.77. The highest BCUT2D eigenvalue weighted by Gasteiger charge is 2.17. The second-order valence-electron chi connectivity index (χ2n) is 6.91. The lowest BCUT2D eigenvalue weighted by atomic mass is 10.1. The fourth-order valence-corrected chi connectivity index (χ4v) is 3.76. The number of rotatable bonds is 3. The predicted molar refractivity (Wildman–Crippen MR) is 118 cm³/mol. The number of anilines is 3. The molecule has 1 saturated heterocycles. The number of nitrogens with one attached hydrogen (secondary N) is 2. The lowest BCUT2D eigenvalue weighted by molar-refractivity contribution is 0.262. The van der Waals surface area contributed by atoms with Gasteiger partial charge < -0.3 is 20.4 Å². The number of nitrogens with zero attached hydrogens (tertiary/aromatic N) is 3. The molecule has 0 spiro atoms. The zero-order valence-electron chi connectivity index (χ0n) is 15.7. The summed E-state index contributed by atoms with van der Waals surface area (Å²) in [5, 5.41) is 6.83. The van der Waals surface area contributed by atoms with E-state index < -0.39 is 0 Å². The van der Waals surface area contributed by atoms with Crippen LogP contribution in [0.25, 0.3) is 10.9 Å². The third kappa shape index (κ3) is 4.10. The van der Waals surface area contributed by atoms with Crippen molar-refractivity contribution < 1.29 is 4.79 Å². The largest absolute Gasteiger partial charge is 0.368 e. The number of halogens is 1. The van der Waals surface area contributed by atoms with E-state index in [4.69, 9.17) is 0 Å². The first-order valence-electron chi connectivity index (χ1n) is 9.25. The van der Waals surface area contributed by atoms with E-state index >= 15 is 0 Å². The van der Waals surface area contributed by atoms with Crippen LogP contribution in [0.5, 0.6) is 0 Å². The van der Waals surface area contributed by atoms with Gasteiger partial charge in [0.25, 0.3) is 0 Å². The Labute approximate surface area is 172 Å². The monoisotopic (exact) mass is 439 g/mol. The number of likely N-dealkylation sites (N-methyl/N-ethyl adjacent to an activating group) is 1. The van der Waals surface area contributed by atoms with Gasteiger partial charge in [0.15, 0.2) is 0 Å². The summed E-state index contributed by atoms with van der Waals surface area (Å²) in [5.74, 6) is 0. The first-order valence-corrected chi connectivity index (χ1v) is 10.0. The summed E-state index contributed by atoms with van der Waals surface area (Å²) in [6, 6.07) is 15.1. The Bertz CT molecular complexity index is 1000. The van der Waals surface area contributed by atoms with Crippen molar-refractivity contribution >= 4 is 49.9 Å². The maximum Gasteiger partial charge on any atom is 0.323 e. The minimum Gasteiger partial charge on any atom is -0.368 e. The zero-order valence-corrected chi connectivity index (χ0v) is 17.2. The van der Waals surface area contributed by atoms with Crippen LogP contribution in [0.2, 0.25) is 0 Å². The van der Waals surface area contributed by atoms with Gasteiger partial charge in [0, 0.05) is 53.6 Å². The van der Waals surface area contributed by atoms with E-state index in [1.54, 1.807) is 0 Å². The standard InChI is InChI=1S/C21H22BrN5O/c1-26-10-12-27(13-11-26)20-8-9-23-18-7-6-15(14-16(18)20)24-21(28)25-19-5-3-2-4-17(19)22/h2-9,14H,10-13H2,1H3,(H2,24,25,28). The van der Waals surface area contributed by atoms with Crippen molar-refractivity contribution in [3.8, 4) is 0 Å². The van der Waals surface area contributed by atoms with Crippen LogP contribution < -0.4 is 15.5 Å². The van der Waals surface area contributed by atoms with E-state index in [-0.39, 0.29) is 6.03 Å². The van der Waals surface area contributed by atoms with Gasteiger partial charge in [-0.15, -0.1) is 0 Å². The number of benzene rings is 2. The van der Waals surface area contributed by atoms with E-state index in [2.05, 4.69) is 54.5 Å². The molecule has 2 N–H and O–H groups in total. The average molecular weight is 440 g/mol. The van der Waals surface area contributed by atoms with Crippen LogP contribution in [0.15, 0.2) is 59.2 Å². The Kier molecular flexibility index (Phi) is 5.45. The van der Waals surface area contributed by atoms with Crippen molar-refractivity contribution in [2.24, 2.45) is 0 Å². The molecule has 28 heavy (non-hydrogen) atoms. The summed E-state index contributed by atoms with van der Waals surface area (Å²) in [7, 11) is 2.15. The zero-order chi connectivity index (χ0) is 19.5. The third-order valence-electron chi connectivity index (χ3n) is 4.94. The molecule has 0 unspecified atom stereocenters. The molecule has 0 bridgehead atoms. The maximum absolute atomic E-state index is 12.4. The van der Waals surface area contributed by atoms with Gasteiger partial charge in [-0.2, -0.15) is 0 Å². The van der Waals surface area contributed by atoms with Gasteiger partial charge in [-0.1, -0.05) is 12.1 Å². The van der Waals surface area contributed by atoms with Gasteiger partial charge in [-0.25, -0.2) is 4.79 Å². The Hall–Kier alpha value is -2.64. The molecule has 6 nitrogen and oxygen atoms in total. The summed E-state index contributed by atoms with van der Waals surface area (Å²) in [5.41, 5.74) is 3.54. The Balaban J connectivity index is 1.56. The molecule has 1 aliphatic heterocycles. The molecule has 144 valence electrons. The van der Waals surface area contributed by atoms with Crippen LogP contribution in [0.1, 0.15) is 0 Å². The van der Waals surface area contributed by atoms with Gasteiger partial charge in [-0.3, -0.25) is 4.98 Å². The van der Waals surface area contributed by atoms with Crippen molar-refractivity contribution in [2.75, 3.05) is 48.8 Å². The molecule has 0 radical (unpaired) electrons. The number of carbonyl (C=O) groups is 1. The lowest BCUT2D eigenvalue weighted by Gasteiger charge is -2.34. The molecule has 2 aromatic carbocycles. The summed E-state index contributed by atoms with van der Waals surface area (Å²) in [6.45, 7) is 4.04. The van der Waals surface area contributed by atoms with Crippen LogP contribution in [-0.2, 0) is 0 Å². The van der Waals surface area contributed by atoms with Gasteiger partial charge >= 0.3 is 6.03 Å². The normalized spacial score (nSPS) is 14.9. The Morgan fingerprint density at radius 1 is 1.04 bits per heavy atom. The van der Waals surface area contributed by atoms with Crippen molar-refractivity contribution in [2.45, 2.75) is 0 Å². The number of hydrogen-bond acceptors (Lipinski definition) is 4. The summed E-state index contributed by atoms with van der Waals surface area (Å²) in [4.78, 5) is 21.6. The number of carbonyl (C=O) groups excluding carboxylic acids is 1. The molecule has 2 amide bonds. The van der Waals surface area contributed by atoms with Crippen molar-refractivity contribution in [3.63, 3.8) is 0 Å². The minimum absolute atomic E-state index is 0.281. The quantitative estimate of drug-likeness (QED) is 0.634. The average Bonchev–Trinajstić information content (AvgIpc) is 2.70. The molecular formula is C21H22BrN5O. The van der Waals surface area contributed by atoms with E-state index in [0.29, 0.717) is 0 Å². The molecule has 0 atom stereocenters. The highest BCUT2D eigenvalue weighted by molar-refractivity contribution is 9.10. The molecule has 3 aromatic rings. The van der Waals surface area contributed by atoms with Crippen LogP contribution in [0.4, 0.5) is 21.9 Å². The fraction of sp³-hybridized carbons (Fsp3) is 0.238.